The summed E-state index contributed by atoms with van der Waals surface area (Å²) in [7, 11) is 0. The normalized spacial score (nSPS) is 11.3. The molecule has 22 heavy (non-hydrogen) atoms. The van der Waals surface area contributed by atoms with Crippen LogP contribution in [0.25, 0.3) is 10.9 Å². The zero-order valence-corrected chi connectivity index (χ0v) is 14.3. The number of carbonyl (C=O) groups excluding carboxylic acids is 1. The van der Waals surface area contributed by atoms with E-state index in [-0.39, 0.29) is 12.6 Å². The molecule has 1 heterocycles. The topological polar surface area (TPSA) is 73.3 Å². The van der Waals surface area contributed by atoms with Gasteiger partial charge in [-0.15, -0.1) is 0 Å². The molecule has 0 spiro atoms. The second-order valence-corrected chi connectivity index (χ2v) is 6.55. The molecular formula is C15H18BrN3O3. The molecule has 1 N–H and O–H groups in total. The fraction of sp³-hybridized carbons (Fsp3) is 0.400. The fourth-order valence-corrected chi connectivity index (χ4v) is 2.05. The molecule has 1 amide bonds. The lowest BCUT2D eigenvalue weighted by atomic mass is 10.2. The number of benzene rings is 1. The first kappa shape index (κ1) is 16.5. The van der Waals surface area contributed by atoms with Crippen LogP contribution in [-0.2, 0) is 4.74 Å². The number of alkyl carbamates (subject to hydrolysis) is 1. The van der Waals surface area contributed by atoms with Crippen molar-refractivity contribution in [2.75, 3.05) is 13.2 Å². The van der Waals surface area contributed by atoms with E-state index in [0.29, 0.717) is 6.54 Å². The lowest BCUT2D eigenvalue weighted by Crippen LogP contribution is -2.34. The standard InChI is InChI=1S/C15H18BrN3O3/c1-15(2,3)22-14(20)17-6-7-21-13-18-9-10-8-11(16)4-5-12(10)19-13/h4-5,8-9H,6-7H2,1-3H3,(H,17,20). The van der Waals surface area contributed by atoms with Crippen molar-refractivity contribution in [2.24, 2.45) is 0 Å². The molecule has 2 rings (SSSR count). The molecule has 0 atom stereocenters. The van der Waals surface area contributed by atoms with Crippen LogP contribution in [0.3, 0.4) is 0 Å². The average Bonchev–Trinajstić information content (AvgIpc) is 2.41. The second kappa shape index (κ2) is 6.91. The Morgan fingerprint density at radius 2 is 2.14 bits per heavy atom. The van der Waals surface area contributed by atoms with E-state index in [1.54, 1.807) is 6.20 Å². The first-order valence-electron chi connectivity index (χ1n) is 6.85. The minimum Gasteiger partial charge on any atom is -0.462 e. The second-order valence-electron chi connectivity index (χ2n) is 5.63. The van der Waals surface area contributed by atoms with Crippen LogP contribution in [0.2, 0.25) is 0 Å². The van der Waals surface area contributed by atoms with Gasteiger partial charge >= 0.3 is 12.1 Å². The first-order valence-corrected chi connectivity index (χ1v) is 7.65. The highest BCUT2D eigenvalue weighted by atomic mass is 79.9. The van der Waals surface area contributed by atoms with Crippen LogP contribution in [-0.4, -0.2) is 34.8 Å². The molecule has 1 aromatic carbocycles. The molecule has 0 aliphatic rings. The molecule has 0 radical (unpaired) electrons. The van der Waals surface area contributed by atoms with Crippen LogP contribution in [0.15, 0.2) is 28.9 Å². The third-order valence-corrected chi connectivity index (χ3v) is 3.01. The van der Waals surface area contributed by atoms with Crippen molar-refractivity contribution in [3.63, 3.8) is 0 Å². The van der Waals surface area contributed by atoms with E-state index in [1.807, 2.05) is 39.0 Å². The molecule has 0 unspecified atom stereocenters. The van der Waals surface area contributed by atoms with E-state index in [2.05, 4.69) is 31.2 Å². The Bertz CT molecular complexity index is 671. The van der Waals surface area contributed by atoms with Gasteiger partial charge in [0.2, 0.25) is 0 Å². The number of fused-ring (bicyclic) bond motifs is 1. The molecule has 6 nitrogen and oxygen atoms in total. The number of aromatic nitrogens is 2. The van der Waals surface area contributed by atoms with Gasteiger partial charge in [-0.05, 0) is 39.0 Å². The van der Waals surface area contributed by atoms with E-state index < -0.39 is 11.7 Å². The predicted molar refractivity (Wildman–Crippen MR) is 87.0 cm³/mol. The minimum atomic E-state index is -0.513. The highest BCUT2D eigenvalue weighted by molar-refractivity contribution is 9.10. The summed E-state index contributed by atoms with van der Waals surface area (Å²) in [6.07, 6.45) is 1.23. The van der Waals surface area contributed by atoms with Gasteiger partial charge in [0, 0.05) is 16.1 Å². The Kier molecular flexibility index (Phi) is 5.18. The Labute approximate surface area is 137 Å². The van der Waals surface area contributed by atoms with Gasteiger partial charge in [-0.1, -0.05) is 15.9 Å². The molecule has 7 heteroatoms. The van der Waals surface area contributed by atoms with Gasteiger partial charge in [0.25, 0.3) is 0 Å². The summed E-state index contributed by atoms with van der Waals surface area (Å²) in [5.74, 6) is 0. The summed E-state index contributed by atoms with van der Waals surface area (Å²) in [4.78, 5) is 19.9. The number of nitrogens with zero attached hydrogens (tertiary/aromatic N) is 2. The lowest BCUT2D eigenvalue weighted by Gasteiger charge is -2.19. The summed E-state index contributed by atoms with van der Waals surface area (Å²) < 4.78 is 11.5. The Balaban J connectivity index is 1.82. The lowest BCUT2D eigenvalue weighted by molar-refractivity contribution is 0.0519. The summed E-state index contributed by atoms with van der Waals surface area (Å²) in [5.41, 5.74) is 0.286. The van der Waals surface area contributed by atoms with Gasteiger partial charge in [-0.25, -0.2) is 9.78 Å². The van der Waals surface area contributed by atoms with Gasteiger partial charge in [-0.3, -0.25) is 0 Å². The van der Waals surface area contributed by atoms with E-state index in [1.165, 1.54) is 0 Å². The zero-order valence-electron chi connectivity index (χ0n) is 12.7. The molecule has 0 aliphatic carbocycles. The Morgan fingerprint density at radius 1 is 1.36 bits per heavy atom. The summed E-state index contributed by atoms with van der Waals surface area (Å²) >= 11 is 3.40. The van der Waals surface area contributed by atoms with Gasteiger partial charge < -0.3 is 14.8 Å². The van der Waals surface area contributed by atoms with E-state index in [4.69, 9.17) is 9.47 Å². The molecular weight excluding hydrogens is 350 g/mol. The third kappa shape index (κ3) is 5.14. The monoisotopic (exact) mass is 367 g/mol. The molecule has 0 bridgehead atoms. The summed E-state index contributed by atoms with van der Waals surface area (Å²) in [6.45, 7) is 6.01. The number of carbonyl (C=O) groups is 1. The predicted octanol–water partition coefficient (Wildman–Crippen LogP) is 3.30. The number of nitrogens with one attached hydrogen (secondary N) is 1. The molecule has 0 aliphatic heterocycles. The number of hydrogen-bond donors (Lipinski definition) is 1. The molecule has 118 valence electrons. The highest BCUT2D eigenvalue weighted by Crippen LogP contribution is 2.18. The third-order valence-electron chi connectivity index (χ3n) is 2.52. The smallest absolute Gasteiger partial charge is 0.407 e. The molecule has 0 saturated carbocycles. The maximum Gasteiger partial charge on any atom is 0.407 e. The van der Waals surface area contributed by atoms with Gasteiger partial charge in [0.1, 0.15) is 12.2 Å². The number of ether oxygens (including phenoxy) is 2. The van der Waals surface area contributed by atoms with Crippen molar-refractivity contribution in [1.29, 1.82) is 0 Å². The summed E-state index contributed by atoms with van der Waals surface area (Å²) in [5, 5.41) is 3.53. The van der Waals surface area contributed by atoms with Gasteiger partial charge in [0.15, 0.2) is 0 Å². The van der Waals surface area contributed by atoms with E-state index >= 15 is 0 Å². The van der Waals surface area contributed by atoms with Crippen LogP contribution in [0, 0.1) is 0 Å². The minimum absolute atomic E-state index is 0.265. The Hall–Kier alpha value is -1.89. The molecule has 1 aromatic heterocycles. The van der Waals surface area contributed by atoms with Crippen LogP contribution in [0.5, 0.6) is 6.01 Å². The maximum atomic E-state index is 11.5. The van der Waals surface area contributed by atoms with Crippen molar-refractivity contribution < 1.29 is 14.3 Å². The highest BCUT2D eigenvalue weighted by Gasteiger charge is 2.15. The van der Waals surface area contributed by atoms with Gasteiger partial charge in [0.05, 0.1) is 12.1 Å². The van der Waals surface area contributed by atoms with Crippen LogP contribution in [0.4, 0.5) is 4.79 Å². The van der Waals surface area contributed by atoms with Crippen molar-refractivity contribution >= 4 is 32.9 Å². The molecule has 0 fully saturated rings. The van der Waals surface area contributed by atoms with Crippen LogP contribution < -0.4 is 10.1 Å². The number of halogens is 1. The van der Waals surface area contributed by atoms with Crippen molar-refractivity contribution in [1.82, 2.24) is 15.3 Å². The quantitative estimate of drug-likeness (QED) is 0.839. The number of hydrogen-bond acceptors (Lipinski definition) is 5. The fourth-order valence-electron chi connectivity index (χ4n) is 1.67. The SMILES string of the molecule is CC(C)(C)OC(=O)NCCOc1ncc2cc(Br)ccc2n1. The first-order chi connectivity index (χ1) is 10.3. The molecule has 0 saturated heterocycles. The average molecular weight is 368 g/mol. The van der Waals surface area contributed by atoms with Crippen LogP contribution in [0.1, 0.15) is 20.8 Å². The van der Waals surface area contributed by atoms with Crippen molar-refractivity contribution in [2.45, 2.75) is 26.4 Å². The number of rotatable bonds is 4. The van der Waals surface area contributed by atoms with E-state index in [0.717, 1.165) is 15.4 Å². The van der Waals surface area contributed by atoms with E-state index in [9.17, 15) is 4.79 Å². The zero-order chi connectivity index (χ0) is 16.2. The van der Waals surface area contributed by atoms with Gasteiger partial charge in [-0.2, -0.15) is 4.98 Å². The largest absolute Gasteiger partial charge is 0.462 e. The van der Waals surface area contributed by atoms with Crippen LogP contribution >= 0.6 is 15.9 Å². The molecule has 2 aromatic rings. The Morgan fingerprint density at radius 3 is 2.86 bits per heavy atom. The van der Waals surface area contributed by atoms with Crippen molar-refractivity contribution in [3.8, 4) is 6.01 Å². The number of amides is 1. The van der Waals surface area contributed by atoms with Crippen molar-refractivity contribution in [3.05, 3.63) is 28.9 Å². The summed E-state index contributed by atoms with van der Waals surface area (Å²) in [6, 6.07) is 6.00. The maximum absolute atomic E-state index is 11.5.